The number of Topliss-reactive ketones (excluding diaryl/α,β-unsaturated/α-hetero) is 1. The van der Waals surface area contributed by atoms with E-state index in [1.807, 2.05) is 20.8 Å². The molecule has 0 aliphatic carbocycles. The zero-order chi connectivity index (χ0) is 17.3. The molecule has 2 rings (SSSR count). The molecule has 124 valence electrons. The second-order valence-corrected chi connectivity index (χ2v) is 8.92. The first-order valence-electron chi connectivity index (χ1n) is 8.59. The lowest BCUT2D eigenvalue weighted by Crippen LogP contribution is -2.32. The molecule has 1 atom stereocenters. The Labute approximate surface area is 141 Å². The Balaban J connectivity index is 2.38. The number of rotatable bonds is 4. The van der Waals surface area contributed by atoms with E-state index in [1.165, 1.54) is 16.3 Å². The van der Waals surface area contributed by atoms with Gasteiger partial charge in [-0.05, 0) is 34.6 Å². The third-order valence-electron chi connectivity index (χ3n) is 4.32. The Hall–Kier alpha value is -1.63. The largest absolute Gasteiger partial charge is 0.299 e. The van der Waals surface area contributed by atoms with Crippen molar-refractivity contribution in [3.05, 3.63) is 48.0 Å². The van der Waals surface area contributed by atoms with Crippen LogP contribution >= 0.6 is 0 Å². The van der Waals surface area contributed by atoms with Gasteiger partial charge in [-0.25, -0.2) is 0 Å². The van der Waals surface area contributed by atoms with Crippen LogP contribution in [0.3, 0.4) is 0 Å². The summed E-state index contributed by atoms with van der Waals surface area (Å²) in [6, 6.07) is 14.9. The zero-order valence-electron chi connectivity index (χ0n) is 15.4. The van der Waals surface area contributed by atoms with Crippen LogP contribution in [0.25, 0.3) is 10.8 Å². The quantitative estimate of drug-likeness (QED) is 0.672. The lowest BCUT2D eigenvalue weighted by atomic mass is 9.73. The fourth-order valence-corrected chi connectivity index (χ4v) is 3.35. The molecule has 0 aliphatic rings. The Bertz CT molecular complexity index is 678. The van der Waals surface area contributed by atoms with Gasteiger partial charge in [-0.15, -0.1) is 0 Å². The second-order valence-electron chi connectivity index (χ2n) is 8.92. The summed E-state index contributed by atoms with van der Waals surface area (Å²) in [7, 11) is 0. The monoisotopic (exact) mass is 310 g/mol. The van der Waals surface area contributed by atoms with Crippen molar-refractivity contribution in [1.29, 1.82) is 0 Å². The third-order valence-corrected chi connectivity index (χ3v) is 4.32. The molecule has 0 bridgehead atoms. The van der Waals surface area contributed by atoms with E-state index < -0.39 is 0 Å². The lowest BCUT2D eigenvalue weighted by Gasteiger charge is -2.30. The highest BCUT2D eigenvalue weighted by atomic mass is 16.1. The summed E-state index contributed by atoms with van der Waals surface area (Å²) >= 11 is 0. The van der Waals surface area contributed by atoms with E-state index >= 15 is 0 Å². The van der Waals surface area contributed by atoms with Crippen LogP contribution < -0.4 is 0 Å². The van der Waals surface area contributed by atoms with Crippen molar-refractivity contribution < 1.29 is 4.79 Å². The zero-order valence-corrected chi connectivity index (χ0v) is 15.4. The minimum Gasteiger partial charge on any atom is -0.299 e. The number of carbonyl (C=O) groups is 1. The molecule has 2 aromatic rings. The van der Waals surface area contributed by atoms with Gasteiger partial charge in [0.1, 0.15) is 5.78 Å². The first-order chi connectivity index (χ1) is 10.6. The summed E-state index contributed by atoms with van der Waals surface area (Å²) in [5.41, 5.74) is 1.14. The SMILES string of the molecule is CC(C)(C)C[C@@H](Cc1cccc2ccccc12)C(=O)C(C)(C)C. The maximum Gasteiger partial charge on any atom is 0.141 e. The highest BCUT2D eigenvalue weighted by Gasteiger charge is 2.32. The van der Waals surface area contributed by atoms with Crippen molar-refractivity contribution in [2.75, 3.05) is 0 Å². The summed E-state index contributed by atoms with van der Waals surface area (Å²) in [6.45, 7) is 12.8. The van der Waals surface area contributed by atoms with Gasteiger partial charge in [0.05, 0.1) is 0 Å². The van der Waals surface area contributed by atoms with Crippen LogP contribution in [0, 0.1) is 16.7 Å². The number of benzene rings is 2. The predicted molar refractivity (Wildman–Crippen MR) is 99.7 cm³/mol. The first-order valence-corrected chi connectivity index (χ1v) is 8.59. The molecule has 1 nitrogen and oxygen atoms in total. The molecule has 0 amide bonds. The minimum atomic E-state index is -0.291. The maximum absolute atomic E-state index is 13.0. The van der Waals surface area contributed by atoms with Crippen LogP contribution in [0.5, 0.6) is 0 Å². The number of hydrogen-bond donors (Lipinski definition) is 0. The van der Waals surface area contributed by atoms with Crippen molar-refractivity contribution in [3.63, 3.8) is 0 Å². The van der Waals surface area contributed by atoms with Gasteiger partial charge in [0.2, 0.25) is 0 Å². The summed E-state index contributed by atoms with van der Waals surface area (Å²) in [6.07, 6.45) is 1.75. The van der Waals surface area contributed by atoms with Gasteiger partial charge in [0.25, 0.3) is 0 Å². The lowest BCUT2D eigenvalue weighted by molar-refractivity contribution is -0.131. The maximum atomic E-state index is 13.0. The van der Waals surface area contributed by atoms with E-state index in [2.05, 4.69) is 63.2 Å². The van der Waals surface area contributed by atoms with Crippen LogP contribution in [-0.2, 0) is 11.2 Å². The van der Waals surface area contributed by atoms with Gasteiger partial charge in [-0.1, -0.05) is 84.0 Å². The summed E-state index contributed by atoms with van der Waals surface area (Å²) < 4.78 is 0. The molecule has 0 aliphatic heterocycles. The topological polar surface area (TPSA) is 17.1 Å². The average molecular weight is 310 g/mol. The van der Waals surface area contributed by atoms with Gasteiger partial charge in [-0.3, -0.25) is 4.79 Å². The van der Waals surface area contributed by atoms with E-state index in [0.29, 0.717) is 5.78 Å². The van der Waals surface area contributed by atoms with Crippen LogP contribution in [0.2, 0.25) is 0 Å². The standard InChI is InChI=1S/C22H30O/c1-21(2,3)15-18(20(23)22(4,5)6)14-17-12-9-11-16-10-7-8-13-19(16)17/h7-13,18H,14-15H2,1-6H3/t18-/m1/s1. The van der Waals surface area contributed by atoms with E-state index in [9.17, 15) is 4.79 Å². The van der Waals surface area contributed by atoms with Crippen molar-refractivity contribution >= 4 is 16.6 Å². The molecular formula is C22H30O. The van der Waals surface area contributed by atoms with Crippen molar-refractivity contribution in [3.8, 4) is 0 Å². The molecule has 1 heteroatoms. The molecular weight excluding hydrogens is 280 g/mol. The highest BCUT2D eigenvalue weighted by Crippen LogP contribution is 2.33. The van der Waals surface area contributed by atoms with Gasteiger partial charge in [0, 0.05) is 11.3 Å². The fraction of sp³-hybridized carbons (Fsp3) is 0.500. The molecule has 0 aromatic heterocycles. The van der Waals surface area contributed by atoms with E-state index in [0.717, 1.165) is 12.8 Å². The van der Waals surface area contributed by atoms with E-state index in [4.69, 9.17) is 0 Å². The predicted octanol–water partition coefficient (Wildman–Crippen LogP) is 6.05. The van der Waals surface area contributed by atoms with Crippen LogP contribution in [0.1, 0.15) is 53.5 Å². The molecule has 0 fully saturated rings. The Morgan fingerprint density at radius 2 is 1.52 bits per heavy atom. The van der Waals surface area contributed by atoms with Crippen molar-refractivity contribution in [2.24, 2.45) is 16.7 Å². The third kappa shape index (κ3) is 4.67. The number of hydrogen-bond acceptors (Lipinski definition) is 1. The van der Waals surface area contributed by atoms with E-state index in [-0.39, 0.29) is 16.7 Å². The Morgan fingerprint density at radius 1 is 0.913 bits per heavy atom. The Morgan fingerprint density at radius 3 is 2.13 bits per heavy atom. The van der Waals surface area contributed by atoms with Crippen LogP contribution in [0.4, 0.5) is 0 Å². The van der Waals surface area contributed by atoms with Gasteiger partial charge >= 0.3 is 0 Å². The molecule has 0 heterocycles. The Kier molecular flexibility index (Phi) is 4.98. The van der Waals surface area contributed by atoms with E-state index in [1.54, 1.807) is 0 Å². The summed E-state index contributed by atoms with van der Waals surface area (Å²) in [5.74, 6) is 0.446. The average Bonchev–Trinajstić information content (AvgIpc) is 2.44. The summed E-state index contributed by atoms with van der Waals surface area (Å²) in [4.78, 5) is 13.0. The normalized spacial score (nSPS) is 14.0. The second kappa shape index (κ2) is 6.47. The molecule has 0 unspecified atom stereocenters. The smallest absolute Gasteiger partial charge is 0.141 e. The van der Waals surface area contributed by atoms with Crippen molar-refractivity contribution in [2.45, 2.75) is 54.4 Å². The first kappa shape index (κ1) is 17.7. The number of fused-ring (bicyclic) bond motifs is 1. The minimum absolute atomic E-state index is 0.0702. The van der Waals surface area contributed by atoms with Crippen molar-refractivity contribution in [1.82, 2.24) is 0 Å². The molecule has 0 radical (unpaired) electrons. The molecule has 0 spiro atoms. The molecule has 0 saturated carbocycles. The molecule has 0 saturated heterocycles. The number of carbonyl (C=O) groups excluding carboxylic acids is 1. The van der Waals surface area contributed by atoms with Crippen LogP contribution in [0.15, 0.2) is 42.5 Å². The van der Waals surface area contributed by atoms with Crippen LogP contribution in [-0.4, -0.2) is 5.78 Å². The molecule has 2 aromatic carbocycles. The highest BCUT2D eigenvalue weighted by molar-refractivity contribution is 5.89. The molecule has 23 heavy (non-hydrogen) atoms. The molecule has 0 N–H and O–H groups in total. The summed E-state index contributed by atoms with van der Waals surface area (Å²) in [5, 5.41) is 2.53. The fourth-order valence-electron chi connectivity index (χ4n) is 3.35. The number of ketones is 1. The van der Waals surface area contributed by atoms with Gasteiger partial charge in [-0.2, -0.15) is 0 Å². The van der Waals surface area contributed by atoms with Gasteiger partial charge < -0.3 is 0 Å². The van der Waals surface area contributed by atoms with Gasteiger partial charge in [0.15, 0.2) is 0 Å².